The number of para-hydroxylation sites is 1. The van der Waals surface area contributed by atoms with E-state index in [0.717, 1.165) is 26.4 Å². The van der Waals surface area contributed by atoms with Crippen molar-refractivity contribution in [3.05, 3.63) is 100 Å². The molecule has 0 spiro atoms. The molecule has 0 saturated carbocycles. The second-order valence-electron chi connectivity index (χ2n) is 7.39. The Kier molecular flexibility index (Phi) is 5.20. The molecule has 0 aliphatic carbocycles. The maximum Gasteiger partial charge on any atom is 0.291 e. The Labute approximate surface area is 192 Å². The Bertz CT molecular complexity index is 1490. The van der Waals surface area contributed by atoms with E-state index in [0.29, 0.717) is 17.0 Å². The molecule has 0 saturated heterocycles. The summed E-state index contributed by atoms with van der Waals surface area (Å²) < 4.78 is 6.79. The predicted octanol–water partition coefficient (Wildman–Crippen LogP) is 6.69. The van der Waals surface area contributed by atoms with E-state index < -0.39 is 10.8 Å². The van der Waals surface area contributed by atoms with Crippen molar-refractivity contribution in [2.45, 2.75) is 6.92 Å². The number of thiazole rings is 1. The topological polar surface area (TPSA) is 98.3 Å². The Morgan fingerprint density at radius 3 is 2.67 bits per heavy atom. The predicted molar refractivity (Wildman–Crippen MR) is 129 cm³/mol. The molecule has 0 unspecified atom stereocenters. The van der Waals surface area contributed by atoms with E-state index in [2.05, 4.69) is 5.32 Å². The number of nitro benzene ring substituents is 1. The van der Waals surface area contributed by atoms with Crippen LogP contribution < -0.4 is 5.32 Å². The first-order valence-corrected chi connectivity index (χ1v) is 10.9. The molecule has 3 aromatic carbocycles. The molecular weight excluding hydrogens is 438 g/mol. The van der Waals surface area contributed by atoms with Gasteiger partial charge in [-0.25, -0.2) is 4.98 Å². The highest BCUT2D eigenvalue weighted by Gasteiger charge is 2.17. The molecule has 0 fully saturated rings. The lowest BCUT2D eigenvalue weighted by Gasteiger charge is -2.10. The van der Waals surface area contributed by atoms with E-state index in [9.17, 15) is 14.9 Å². The average molecular weight is 455 g/mol. The first-order chi connectivity index (χ1) is 16.0. The number of hydrogen-bond acceptors (Lipinski definition) is 6. The van der Waals surface area contributed by atoms with Crippen LogP contribution >= 0.6 is 11.3 Å². The second kappa shape index (κ2) is 8.33. The lowest BCUT2D eigenvalue weighted by Crippen LogP contribution is -2.12. The SMILES string of the molecule is Cc1c(NC(=O)c2ccc(-c3cccc([N+](=O)[O-])c3)o2)cccc1-c1nc2ccccc2s1. The van der Waals surface area contributed by atoms with Crippen LogP contribution in [0.25, 0.3) is 32.1 Å². The number of amides is 1. The molecule has 0 aliphatic rings. The molecule has 2 heterocycles. The molecule has 0 radical (unpaired) electrons. The Hall–Kier alpha value is -4.30. The number of nitrogens with one attached hydrogen (secondary N) is 1. The van der Waals surface area contributed by atoms with Gasteiger partial charge >= 0.3 is 0 Å². The number of nitrogens with zero attached hydrogens (tertiary/aromatic N) is 2. The quantitative estimate of drug-likeness (QED) is 0.235. The van der Waals surface area contributed by atoms with Crippen LogP contribution in [0.15, 0.2) is 83.3 Å². The molecule has 5 aromatic rings. The molecule has 1 amide bonds. The molecule has 0 aliphatic heterocycles. The first-order valence-electron chi connectivity index (χ1n) is 10.1. The van der Waals surface area contributed by atoms with Crippen molar-refractivity contribution in [2.75, 3.05) is 5.32 Å². The Balaban J connectivity index is 1.40. The van der Waals surface area contributed by atoms with Gasteiger partial charge in [0.25, 0.3) is 11.6 Å². The number of nitro groups is 1. The zero-order valence-corrected chi connectivity index (χ0v) is 18.3. The van der Waals surface area contributed by atoms with Crippen molar-refractivity contribution >= 4 is 38.8 Å². The number of rotatable bonds is 5. The van der Waals surface area contributed by atoms with Gasteiger partial charge in [0, 0.05) is 28.9 Å². The van der Waals surface area contributed by atoms with Gasteiger partial charge in [-0.1, -0.05) is 36.4 Å². The van der Waals surface area contributed by atoms with Crippen LogP contribution in [-0.4, -0.2) is 15.8 Å². The third-order valence-electron chi connectivity index (χ3n) is 5.28. The number of anilines is 1. The number of carbonyl (C=O) groups is 1. The third kappa shape index (κ3) is 3.99. The zero-order valence-electron chi connectivity index (χ0n) is 17.4. The maximum atomic E-state index is 12.8. The minimum atomic E-state index is -0.471. The van der Waals surface area contributed by atoms with Crippen LogP contribution in [0.4, 0.5) is 11.4 Å². The van der Waals surface area contributed by atoms with Gasteiger partial charge in [-0.2, -0.15) is 0 Å². The molecule has 2 aromatic heterocycles. The summed E-state index contributed by atoms with van der Waals surface area (Å²) in [4.78, 5) is 28.1. The minimum Gasteiger partial charge on any atom is -0.451 e. The molecule has 0 atom stereocenters. The summed E-state index contributed by atoms with van der Waals surface area (Å²) in [5.41, 5.74) is 3.93. The molecule has 5 rings (SSSR count). The molecule has 33 heavy (non-hydrogen) atoms. The average Bonchev–Trinajstić information content (AvgIpc) is 3.48. The molecular formula is C25H17N3O4S. The highest BCUT2D eigenvalue weighted by atomic mass is 32.1. The molecule has 7 nitrogen and oxygen atoms in total. The lowest BCUT2D eigenvalue weighted by atomic mass is 10.1. The van der Waals surface area contributed by atoms with Crippen LogP contribution in [0.5, 0.6) is 0 Å². The smallest absolute Gasteiger partial charge is 0.291 e. The standard InChI is InChI=1S/C25H17N3O4S/c1-15-18(25-27-20-9-2-3-11-23(20)33-25)8-5-10-19(15)26-24(29)22-13-12-21(32-22)16-6-4-7-17(14-16)28(30)31/h2-14H,1H3,(H,26,29). The summed E-state index contributed by atoms with van der Waals surface area (Å²) in [5.74, 6) is 0.0846. The second-order valence-corrected chi connectivity index (χ2v) is 8.42. The van der Waals surface area contributed by atoms with Crippen LogP contribution in [-0.2, 0) is 0 Å². The monoisotopic (exact) mass is 455 g/mol. The van der Waals surface area contributed by atoms with Crippen molar-refractivity contribution in [3.8, 4) is 21.9 Å². The molecule has 0 bridgehead atoms. The molecule has 8 heteroatoms. The lowest BCUT2D eigenvalue weighted by molar-refractivity contribution is -0.384. The van der Waals surface area contributed by atoms with Gasteiger partial charge in [-0.15, -0.1) is 11.3 Å². The summed E-state index contributed by atoms with van der Waals surface area (Å²) in [6.07, 6.45) is 0. The normalized spacial score (nSPS) is 10.9. The van der Waals surface area contributed by atoms with E-state index in [-0.39, 0.29) is 11.4 Å². The number of benzene rings is 3. The van der Waals surface area contributed by atoms with Gasteiger partial charge < -0.3 is 9.73 Å². The summed E-state index contributed by atoms with van der Waals surface area (Å²) in [5, 5.41) is 14.8. The number of fused-ring (bicyclic) bond motifs is 1. The first kappa shape index (κ1) is 20.6. The van der Waals surface area contributed by atoms with Crippen molar-refractivity contribution in [1.29, 1.82) is 0 Å². The fourth-order valence-corrected chi connectivity index (χ4v) is 4.61. The summed E-state index contributed by atoms with van der Waals surface area (Å²) in [6.45, 7) is 1.94. The minimum absolute atomic E-state index is 0.0443. The van der Waals surface area contributed by atoms with Gasteiger partial charge in [-0.3, -0.25) is 14.9 Å². The Morgan fingerprint density at radius 1 is 1.03 bits per heavy atom. The van der Waals surface area contributed by atoms with Gasteiger partial charge in [0.2, 0.25) is 0 Å². The largest absolute Gasteiger partial charge is 0.451 e. The number of furan rings is 1. The summed E-state index contributed by atoms with van der Waals surface area (Å²) in [7, 11) is 0. The van der Waals surface area contributed by atoms with Crippen molar-refractivity contribution < 1.29 is 14.1 Å². The van der Waals surface area contributed by atoms with E-state index >= 15 is 0 Å². The van der Waals surface area contributed by atoms with Gasteiger partial charge in [0.1, 0.15) is 10.8 Å². The molecule has 162 valence electrons. The highest BCUT2D eigenvalue weighted by molar-refractivity contribution is 7.21. The zero-order chi connectivity index (χ0) is 22.9. The van der Waals surface area contributed by atoms with Crippen molar-refractivity contribution in [3.63, 3.8) is 0 Å². The van der Waals surface area contributed by atoms with E-state index in [1.54, 1.807) is 35.6 Å². The van der Waals surface area contributed by atoms with Crippen LogP contribution in [0.1, 0.15) is 16.1 Å². The van der Waals surface area contributed by atoms with Crippen LogP contribution in [0.3, 0.4) is 0 Å². The van der Waals surface area contributed by atoms with Gasteiger partial charge in [0.05, 0.1) is 15.1 Å². The number of non-ortho nitro benzene ring substituents is 1. The van der Waals surface area contributed by atoms with E-state index in [1.165, 1.54) is 12.1 Å². The Morgan fingerprint density at radius 2 is 1.85 bits per heavy atom. The summed E-state index contributed by atoms with van der Waals surface area (Å²) >= 11 is 1.60. The third-order valence-corrected chi connectivity index (χ3v) is 6.35. The highest BCUT2D eigenvalue weighted by Crippen LogP contribution is 2.34. The fraction of sp³-hybridized carbons (Fsp3) is 0.0400. The molecule has 1 N–H and O–H groups in total. The maximum absolute atomic E-state index is 12.8. The van der Waals surface area contributed by atoms with Crippen LogP contribution in [0, 0.1) is 17.0 Å². The van der Waals surface area contributed by atoms with E-state index in [1.807, 2.05) is 49.4 Å². The van der Waals surface area contributed by atoms with Crippen molar-refractivity contribution in [1.82, 2.24) is 4.98 Å². The van der Waals surface area contributed by atoms with Crippen molar-refractivity contribution in [2.24, 2.45) is 0 Å². The summed E-state index contributed by atoms with van der Waals surface area (Å²) in [6, 6.07) is 22.9. The number of carbonyl (C=O) groups excluding carboxylic acids is 1. The van der Waals surface area contributed by atoms with E-state index in [4.69, 9.17) is 9.40 Å². The van der Waals surface area contributed by atoms with Gasteiger partial charge in [0.15, 0.2) is 5.76 Å². The van der Waals surface area contributed by atoms with Gasteiger partial charge in [-0.05, 0) is 42.8 Å². The van der Waals surface area contributed by atoms with Crippen LogP contribution in [0.2, 0.25) is 0 Å². The number of hydrogen-bond donors (Lipinski definition) is 1. The fourth-order valence-electron chi connectivity index (χ4n) is 3.56. The number of aromatic nitrogens is 1.